The van der Waals surface area contributed by atoms with E-state index in [1.807, 2.05) is 24.5 Å². The summed E-state index contributed by atoms with van der Waals surface area (Å²) in [5, 5.41) is 10.8. The predicted molar refractivity (Wildman–Crippen MR) is 114 cm³/mol. The van der Waals surface area contributed by atoms with Crippen LogP contribution in [0.2, 0.25) is 0 Å². The fourth-order valence-electron chi connectivity index (χ4n) is 6.88. The van der Waals surface area contributed by atoms with Crippen LogP contribution in [-0.4, -0.2) is 20.9 Å². The van der Waals surface area contributed by atoms with Crippen LogP contribution in [0.3, 0.4) is 0 Å². The van der Waals surface area contributed by atoms with E-state index in [2.05, 4.69) is 37.7 Å². The number of pyridine rings is 2. The molecule has 0 aliphatic heterocycles. The van der Waals surface area contributed by atoms with Gasteiger partial charge in [0.15, 0.2) is 6.10 Å². The van der Waals surface area contributed by atoms with Gasteiger partial charge in [-0.1, -0.05) is 27.7 Å². The number of hydrogen-bond acceptors (Lipinski definition) is 4. The van der Waals surface area contributed by atoms with Crippen molar-refractivity contribution in [1.82, 2.24) is 9.97 Å². The van der Waals surface area contributed by atoms with Crippen molar-refractivity contribution >= 4 is 5.78 Å². The molecule has 2 fully saturated rings. The van der Waals surface area contributed by atoms with E-state index in [1.54, 1.807) is 0 Å². The van der Waals surface area contributed by atoms with Crippen molar-refractivity contribution in [3.05, 3.63) is 58.2 Å². The number of aliphatic hydroxyl groups excluding tert-OH is 1. The third-order valence-electron chi connectivity index (χ3n) is 9.48. The van der Waals surface area contributed by atoms with Crippen LogP contribution in [0.15, 0.2) is 24.5 Å². The highest BCUT2D eigenvalue weighted by Crippen LogP contribution is 2.63. The van der Waals surface area contributed by atoms with Gasteiger partial charge in [0.25, 0.3) is 0 Å². The zero-order chi connectivity index (χ0) is 21.0. The maximum absolute atomic E-state index is 13.0. The number of aromatic nitrogens is 2. The first-order valence-corrected chi connectivity index (χ1v) is 11.4. The third-order valence-corrected chi connectivity index (χ3v) is 9.48. The first kappa shape index (κ1) is 18.7. The summed E-state index contributed by atoms with van der Waals surface area (Å²) in [7, 11) is 0. The van der Waals surface area contributed by atoms with Crippen molar-refractivity contribution in [2.45, 2.75) is 71.3 Å². The number of ketones is 1. The van der Waals surface area contributed by atoms with Crippen LogP contribution in [-0.2, 0) is 12.8 Å². The van der Waals surface area contributed by atoms with E-state index in [-0.39, 0.29) is 5.78 Å². The molecule has 8 rings (SSSR count). The van der Waals surface area contributed by atoms with Gasteiger partial charge in [0.2, 0.25) is 5.78 Å². The van der Waals surface area contributed by atoms with Crippen LogP contribution in [0, 0.1) is 22.7 Å². The lowest BCUT2D eigenvalue weighted by atomic mass is 9.47. The monoisotopic (exact) mass is 402 g/mol. The second-order valence-corrected chi connectivity index (χ2v) is 11.4. The molecule has 1 N–H and O–H groups in total. The SMILES string of the molecule is CC1(C)[C@@H]2Cc3cc(C(=O)C(O)c4cc5c(cn4)[C@H]4C[C@@H](C5)C4(C)C)ncc3[C@H]1C2. The molecule has 2 aromatic heterocycles. The number of carbonyl (C=O) groups excluding carboxylic acids is 1. The quantitative estimate of drug-likeness (QED) is 0.752. The second-order valence-electron chi connectivity index (χ2n) is 11.4. The summed E-state index contributed by atoms with van der Waals surface area (Å²) in [6, 6.07) is 3.88. The summed E-state index contributed by atoms with van der Waals surface area (Å²) in [6.07, 6.45) is 7.03. The van der Waals surface area contributed by atoms with Crippen LogP contribution in [0.5, 0.6) is 0 Å². The summed E-state index contributed by atoms with van der Waals surface area (Å²) in [5.41, 5.74) is 6.59. The number of hydrogen-bond donors (Lipinski definition) is 1. The molecule has 4 nitrogen and oxygen atoms in total. The molecule has 0 radical (unpaired) electrons. The molecule has 2 saturated carbocycles. The van der Waals surface area contributed by atoms with E-state index in [9.17, 15) is 9.90 Å². The Kier molecular flexibility index (Phi) is 3.60. The van der Waals surface area contributed by atoms with Gasteiger partial charge in [0.1, 0.15) is 5.69 Å². The van der Waals surface area contributed by atoms with Crippen molar-refractivity contribution in [1.29, 1.82) is 0 Å². The molecule has 1 unspecified atom stereocenters. The van der Waals surface area contributed by atoms with Gasteiger partial charge >= 0.3 is 0 Å². The molecule has 0 spiro atoms. The van der Waals surface area contributed by atoms with Crippen molar-refractivity contribution in [3.8, 4) is 0 Å². The van der Waals surface area contributed by atoms with Gasteiger partial charge in [-0.2, -0.15) is 0 Å². The van der Waals surface area contributed by atoms with E-state index < -0.39 is 6.10 Å². The summed E-state index contributed by atoms with van der Waals surface area (Å²) in [5.74, 6) is 2.13. The first-order chi connectivity index (χ1) is 14.2. The van der Waals surface area contributed by atoms with Crippen molar-refractivity contribution in [3.63, 3.8) is 0 Å². The van der Waals surface area contributed by atoms with E-state index in [1.165, 1.54) is 35.1 Å². The zero-order valence-corrected chi connectivity index (χ0v) is 18.3. The number of rotatable bonds is 3. The normalized spacial score (nSPS) is 32.2. The summed E-state index contributed by atoms with van der Waals surface area (Å²) in [6.45, 7) is 9.36. The third kappa shape index (κ3) is 2.29. The fraction of sp³-hybridized carbons (Fsp3) is 0.577. The molecule has 6 aliphatic carbocycles. The first-order valence-electron chi connectivity index (χ1n) is 11.4. The highest BCUT2D eigenvalue weighted by molar-refractivity contribution is 5.98. The number of carbonyl (C=O) groups is 1. The van der Waals surface area contributed by atoms with Crippen molar-refractivity contribution in [2.24, 2.45) is 22.7 Å². The van der Waals surface area contributed by atoms with Crippen molar-refractivity contribution in [2.75, 3.05) is 0 Å². The molecule has 2 aromatic rings. The topological polar surface area (TPSA) is 63.1 Å². The highest BCUT2D eigenvalue weighted by Gasteiger charge is 2.53. The van der Waals surface area contributed by atoms with Crippen LogP contribution in [0.4, 0.5) is 0 Å². The highest BCUT2D eigenvalue weighted by atomic mass is 16.3. The molecule has 0 aromatic carbocycles. The Balaban J connectivity index is 1.27. The Labute approximate surface area is 178 Å². The van der Waals surface area contributed by atoms with E-state index in [4.69, 9.17) is 0 Å². The lowest BCUT2D eigenvalue weighted by Gasteiger charge is -2.57. The average molecular weight is 403 g/mol. The minimum Gasteiger partial charge on any atom is -0.378 e. The van der Waals surface area contributed by atoms with Crippen LogP contribution < -0.4 is 0 Å². The molecule has 0 saturated heterocycles. The van der Waals surface area contributed by atoms with Crippen LogP contribution in [0.25, 0.3) is 0 Å². The van der Waals surface area contributed by atoms with E-state index >= 15 is 0 Å². The second kappa shape index (κ2) is 5.79. The fourth-order valence-corrected chi connectivity index (χ4v) is 6.88. The smallest absolute Gasteiger partial charge is 0.215 e. The Hall–Kier alpha value is -2.07. The molecule has 0 amide bonds. The van der Waals surface area contributed by atoms with E-state index in [0.29, 0.717) is 45.9 Å². The Morgan fingerprint density at radius 1 is 0.933 bits per heavy atom. The lowest BCUT2D eigenvalue weighted by molar-refractivity contribution is 0.0179. The molecule has 5 atom stereocenters. The van der Waals surface area contributed by atoms with Crippen LogP contribution in [0.1, 0.15) is 96.9 Å². The van der Waals surface area contributed by atoms with E-state index in [0.717, 1.165) is 12.8 Å². The summed E-state index contributed by atoms with van der Waals surface area (Å²) < 4.78 is 0. The maximum Gasteiger partial charge on any atom is 0.215 e. The van der Waals surface area contributed by atoms with Gasteiger partial charge < -0.3 is 5.11 Å². The lowest BCUT2D eigenvalue weighted by Crippen LogP contribution is -2.48. The summed E-state index contributed by atoms with van der Waals surface area (Å²) >= 11 is 0. The number of aliphatic hydroxyl groups is 1. The molecule has 156 valence electrons. The zero-order valence-electron chi connectivity index (χ0n) is 18.3. The minimum atomic E-state index is -1.25. The maximum atomic E-state index is 13.0. The standard InChI is InChI=1S/C26H30N2O2/c1-25(2)15-5-13-7-21(27-11-17(13)19(25)9-15)23(29)24(30)22-8-14-6-16-10-20(26(16,3)4)18(14)12-28-22/h7-8,11-12,15-16,19-20,23,29H,5-6,9-10H2,1-4H3/t15-,16-,19-,20-,23?/m1/s1. The largest absolute Gasteiger partial charge is 0.378 e. The predicted octanol–water partition coefficient (Wildman–Crippen LogP) is 4.76. The molecule has 30 heavy (non-hydrogen) atoms. The Morgan fingerprint density at radius 3 is 2.03 bits per heavy atom. The number of Topliss-reactive ketones (excluding diaryl/α,β-unsaturated/α-hetero) is 1. The van der Waals surface area contributed by atoms with Gasteiger partial charge in [-0.25, -0.2) is 0 Å². The van der Waals surface area contributed by atoms with Gasteiger partial charge in [-0.05, 0) is 94.6 Å². The molecule has 2 heterocycles. The minimum absolute atomic E-state index is 0.335. The molecule has 4 bridgehead atoms. The van der Waals surface area contributed by atoms with Gasteiger partial charge in [0, 0.05) is 12.4 Å². The van der Waals surface area contributed by atoms with Gasteiger partial charge in [-0.15, -0.1) is 0 Å². The Bertz CT molecular complexity index is 1090. The molecular formula is C26H30N2O2. The molecular weight excluding hydrogens is 372 g/mol. The summed E-state index contributed by atoms with van der Waals surface area (Å²) in [4.78, 5) is 22.0. The molecule has 4 heteroatoms. The van der Waals surface area contributed by atoms with Crippen molar-refractivity contribution < 1.29 is 9.90 Å². The number of nitrogens with zero attached hydrogens (tertiary/aromatic N) is 2. The average Bonchev–Trinajstić information content (AvgIpc) is 2.75. The van der Waals surface area contributed by atoms with Gasteiger partial charge in [0.05, 0.1) is 5.69 Å². The molecule has 6 aliphatic rings. The Morgan fingerprint density at radius 2 is 1.47 bits per heavy atom. The van der Waals surface area contributed by atoms with Gasteiger partial charge in [-0.3, -0.25) is 14.8 Å². The van der Waals surface area contributed by atoms with Crippen LogP contribution >= 0.6 is 0 Å².